The molecule has 0 aliphatic heterocycles. The van der Waals surface area contributed by atoms with E-state index in [1.165, 1.54) is 64.2 Å². The van der Waals surface area contributed by atoms with Crippen molar-refractivity contribution in [2.75, 3.05) is 13.2 Å². The maximum Gasteiger partial charge on any atom is 0.134 e. The molecule has 0 radical (unpaired) electrons. The minimum atomic E-state index is 0.775. The lowest BCUT2D eigenvalue weighted by Gasteiger charge is -2.14. The Labute approximate surface area is 200 Å². The maximum absolute atomic E-state index is 6.05. The van der Waals surface area contributed by atoms with Gasteiger partial charge in [-0.3, -0.25) is 0 Å². The van der Waals surface area contributed by atoms with Crippen molar-refractivity contribution in [1.29, 1.82) is 0 Å². The molecular weight excluding hydrogens is 504 g/mol. The summed E-state index contributed by atoms with van der Waals surface area (Å²) in [4.78, 5) is 0. The predicted octanol–water partition coefficient (Wildman–Crippen LogP) is 9.84. The van der Waals surface area contributed by atoms with E-state index in [-0.39, 0.29) is 0 Å². The molecule has 4 heteroatoms. The molecule has 0 saturated carbocycles. The van der Waals surface area contributed by atoms with Crippen LogP contribution in [-0.4, -0.2) is 13.2 Å². The van der Waals surface area contributed by atoms with Crippen LogP contribution in [-0.2, 0) is 0 Å². The van der Waals surface area contributed by atoms with Crippen molar-refractivity contribution >= 4 is 42.6 Å². The van der Waals surface area contributed by atoms with Gasteiger partial charge in [-0.15, -0.1) is 0 Å². The highest BCUT2D eigenvalue weighted by Crippen LogP contribution is 2.40. The van der Waals surface area contributed by atoms with Crippen LogP contribution in [0.4, 0.5) is 0 Å². The predicted molar refractivity (Wildman–Crippen MR) is 137 cm³/mol. The Hall–Kier alpha value is -0.740. The van der Waals surface area contributed by atoms with Gasteiger partial charge < -0.3 is 9.47 Å². The average Bonchev–Trinajstić information content (AvgIpc) is 2.75. The molecule has 0 aliphatic carbocycles. The third-order valence-electron chi connectivity index (χ3n) is 5.51. The molecule has 0 bridgehead atoms. The number of halogens is 2. The molecule has 168 valence electrons. The first kappa shape index (κ1) is 25.5. The van der Waals surface area contributed by atoms with Crippen molar-refractivity contribution in [1.82, 2.24) is 0 Å². The Kier molecular flexibility index (Phi) is 12.9. The van der Waals surface area contributed by atoms with Crippen molar-refractivity contribution < 1.29 is 9.47 Å². The molecule has 0 fully saturated rings. The highest BCUT2D eigenvalue weighted by molar-refractivity contribution is 9.11. The van der Waals surface area contributed by atoms with Gasteiger partial charge in [-0.2, -0.15) is 0 Å². The second-order valence-corrected chi connectivity index (χ2v) is 9.67. The van der Waals surface area contributed by atoms with Crippen molar-refractivity contribution in [3.63, 3.8) is 0 Å². The summed E-state index contributed by atoms with van der Waals surface area (Å²) in [5.74, 6) is 1.84. The molecular formula is C26H38Br2O2. The van der Waals surface area contributed by atoms with E-state index in [4.69, 9.17) is 9.47 Å². The van der Waals surface area contributed by atoms with Gasteiger partial charge >= 0.3 is 0 Å². The first-order chi connectivity index (χ1) is 14.7. The van der Waals surface area contributed by atoms with Gasteiger partial charge in [-0.1, -0.05) is 78.1 Å². The van der Waals surface area contributed by atoms with Gasteiger partial charge in [0.2, 0.25) is 0 Å². The lowest BCUT2D eigenvalue weighted by molar-refractivity contribution is 0.302. The summed E-state index contributed by atoms with van der Waals surface area (Å²) in [6.45, 7) is 6.06. The third-order valence-corrected chi connectivity index (χ3v) is 7.15. The summed E-state index contributed by atoms with van der Waals surface area (Å²) in [5.41, 5.74) is 0. The smallest absolute Gasteiger partial charge is 0.134 e. The summed E-state index contributed by atoms with van der Waals surface area (Å²) >= 11 is 7.50. The summed E-state index contributed by atoms with van der Waals surface area (Å²) in [5, 5.41) is 2.29. The van der Waals surface area contributed by atoms with Crippen LogP contribution in [0.25, 0.3) is 10.8 Å². The fraction of sp³-hybridized carbons (Fsp3) is 0.615. The van der Waals surface area contributed by atoms with Crippen molar-refractivity contribution in [2.45, 2.75) is 90.9 Å². The van der Waals surface area contributed by atoms with Gasteiger partial charge in [0.1, 0.15) is 11.5 Å². The molecule has 0 atom stereocenters. The van der Waals surface area contributed by atoms with E-state index in [0.29, 0.717) is 0 Å². The molecule has 2 nitrogen and oxygen atoms in total. The zero-order valence-corrected chi connectivity index (χ0v) is 22.0. The number of ether oxygens (including phenoxy) is 2. The Morgan fingerprint density at radius 1 is 0.533 bits per heavy atom. The maximum atomic E-state index is 6.05. The van der Waals surface area contributed by atoms with E-state index in [1.54, 1.807) is 0 Å². The summed E-state index contributed by atoms with van der Waals surface area (Å²) < 4.78 is 14.1. The molecule has 0 amide bonds. The molecule has 0 N–H and O–H groups in total. The van der Waals surface area contributed by atoms with Gasteiger partial charge in [0.15, 0.2) is 0 Å². The molecule has 2 aromatic rings. The molecule has 0 saturated heterocycles. The topological polar surface area (TPSA) is 18.5 Å². The van der Waals surface area contributed by atoms with Crippen LogP contribution in [0.15, 0.2) is 33.2 Å². The Bertz CT molecular complexity index is 682. The van der Waals surface area contributed by atoms with Crippen LogP contribution in [0.5, 0.6) is 11.5 Å². The molecule has 2 rings (SSSR count). The van der Waals surface area contributed by atoms with Crippen LogP contribution < -0.4 is 9.47 Å². The summed E-state index contributed by atoms with van der Waals surface area (Å²) in [7, 11) is 0. The Morgan fingerprint density at radius 2 is 0.900 bits per heavy atom. The number of rotatable bonds is 16. The monoisotopic (exact) mass is 540 g/mol. The SMILES string of the molecule is CCCCCCCCOc1ccc2c(Br)c(OCCCCCCCC)ccc2c1Br. The van der Waals surface area contributed by atoms with Crippen molar-refractivity contribution in [3.8, 4) is 11.5 Å². The first-order valence-corrected chi connectivity index (χ1v) is 13.4. The Morgan fingerprint density at radius 3 is 1.30 bits per heavy atom. The first-order valence-electron chi connectivity index (χ1n) is 11.8. The molecule has 30 heavy (non-hydrogen) atoms. The summed E-state index contributed by atoms with van der Waals surface area (Å²) in [6.07, 6.45) is 15.3. The zero-order valence-electron chi connectivity index (χ0n) is 18.8. The fourth-order valence-electron chi connectivity index (χ4n) is 3.64. The molecule has 0 unspecified atom stereocenters. The normalized spacial score (nSPS) is 11.2. The van der Waals surface area contributed by atoms with E-state index in [1.807, 2.05) is 0 Å². The van der Waals surface area contributed by atoms with Crippen LogP contribution in [0.2, 0.25) is 0 Å². The van der Waals surface area contributed by atoms with Crippen LogP contribution in [0.3, 0.4) is 0 Å². The minimum absolute atomic E-state index is 0.775. The van der Waals surface area contributed by atoms with Gasteiger partial charge in [0, 0.05) is 10.8 Å². The molecule has 0 heterocycles. The average molecular weight is 542 g/mol. The van der Waals surface area contributed by atoms with E-state index in [9.17, 15) is 0 Å². The minimum Gasteiger partial charge on any atom is -0.492 e. The van der Waals surface area contributed by atoms with Gasteiger partial charge in [0.25, 0.3) is 0 Å². The second kappa shape index (κ2) is 15.1. The molecule has 0 spiro atoms. The largest absolute Gasteiger partial charge is 0.492 e. The molecule has 0 aliphatic rings. The Balaban J connectivity index is 1.86. The number of benzene rings is 2. The number of hydrogen-bond donors (Lipinski definition) is 0. The van der Waals surface area contributed by atoms with Crippen LogP contribution >= 0.6 is 31.9 Å². The fourth-order valence-corrected chi connectivity index (χ4v) is 4.83. The second-order valence-electron chi connectivity index (χ2n) is 8.08. The number of fused-ring (bicyclic) bond motifs is 1. The standard InChI is InChI=1S/C26H38Br2O2/c1-3-5-7-9-11-13-19-29-23-17-15-22-21(25(23)27)16-18-24(26(22)28)30-20-14-12-10-8-6-4-2/h15-18H,3-14,19-20H2,1-2H3. The zero-order chi connectivity index (χ0) is 21.6. The lowest BCUT2D eigenvalue weighted by Crippen LogP contribution is -2.00. The van der Waals surface area contributed by atoms with E-state index < -0.39 is 0 Å². The van der Waals surface area contributed by atoms with Gasteiger partial charge in [0.05, 0.1) is 22.2 Å². The lowest BCUT2D eigenvalue weighted by atomic mass is 10.1. The van der Waals surface area contributed by atoms with Crippen LogP contribution in [0, 0.1) is 0 Å². The highest BCUT2D eigenvalue weighted by Gasteiger charge is 2.12. The van der Waals surface area contributed by atoms with Crippen molar-refractivity contribution in [3.05, 3.63) is 33.2 Å². The van der Waals surface area contributed by atoms with Gasteiger partial charge in [-0.05, 0) is 69.0 Å². The van der Waals surface area contributed by atoms with Crippen molar-refractivity contribution in [2.24, 2.45) is 0 Å². The third kappa shape index (κ3) is 8.42. The van der Waals surface area contributed by atoms with Crippen LogP contribution in [0.1, 0.15) is 90.9 Å². The van der Waals surface area contributed by atoms with E-state index >= 15 is 0 Å². The van der Waals surface area contributed by atoms with E-state index in [0.717, 1.165) is 57.3 Å². The number of unbranched alkanes of at least 4 members (excludes halogenated alkanes) is 10. The highest BCUT2D eigenvalue weighted by atomic mass is 79.9. The quantitative estimate of drug-likeness (QED) is 0.197. The van der Waals surface area contributed by atoms with Gasteiger partial charge in [-0.25, -0.2) is 0 Å². The van der Waals surface area contributed by atoms with E-state index in [2.05, 4.69) is 70.0 Å². The molecule has 0 aromatic heterocycles. The summed E-state index contributed by atoms with van der Waals surface area (Å²) in [6, 6.07) is 8.37. The number of hydrogen-bond acceptors (Lipinski definition) is 2. The molecule has 2 aromatic carbocycles.